The third-order valence-corrected chi connectivity index (χ3v) is 4.95. The first-order chi connectivity index (χ1) is 14.2. The molecule has 0 spiro atoms. The molecule has 154 valence electrons. The van der Waals surface area contributed by atoms with Crippen molar-refractivity contribution in [2.75, 3.05) is 40.0 Å². The second-order valence-electron chi connectivity index (χ2n) is 6.82. The Bertz CT molecular complexity index is 789. The van der Waals surface area contributed by atoms with E-state index in [0.29, 0.717) is 26.3 Å². The van der Waals surface area contributed by atoms with Gasteiger partial charge in [0.05, 0.1) is 26.4 Å². The second-order valence-corrected chi connectivity index (χ2v) is 6.82. The normalized spacial score (nSPS) is 15.3. The number of benzene rings is 2. The van der Waals surface area contributed by atoms with Crippen LogP contribution >= 0.6 is 0 Å². The number of hydrogen-bond acceptors (Lipinski definition) is 5. The first-order valence-corrected chi connectivity index (χ1v) is 9.73. The summed E-state index contributed by atoms with van der Waals surface area (Å²) in [5, 5.41) is 5.43. The van der Waals surface area contributed by atoms with Gasteiger partial charge >= 0.3 is 11.8 Å². The standard InChI is InChI=1S/C22H27N3O4/c1-28-19-9-7-18(8-10-19)20(25-11-13-29-14-12-25)16-24-22(27)21(26)23-15-17-5-3-2-4-6-17/h2-10,20H,11-16H2,1H3,(H,23,26)(H,24,27)/t20-/m0/s1. The van der Waals surface area contributed by atoms with Crippen LogP contribution in [0.5, 0.6) is 5.75 Å². The van der Waals surface area contributed by atoms with Crippen molar-refractivity contribution in [3.8, 4) is 5.75 Å². The molecule has 1 fully saturated rings. The zero-order valence-corrected chi connectivity index (χ0v) is 16.6. The molecule has 7 heteroatoms. The predicted molar refractivity (Wildman–Crippen MR) is 109 cm³/mol. The van der Waals surface area contributed by atoms with Crippen LogP contribution in [0, 0.1) is 0 Å². The summed E-state index contributed by atoms with van der Waals surface area (Å²) in [7, 11) is 1.63. The molecule has 1 aliphatic heterocycles. The molecule has 0 aliphatic carbocycles. The highest BCUT2D eigenvalue weighted by atomic mass is 16.5. The average molecular weight is 397 g/mol. The fourth-order valence-electron chi connectivity index (χ4n) is 3.30. The second kappa shape index (κ2) is 10.6. The van der Waals surface area contributed by atoms with E-state index in [-0.39, 0.29) is 6.04 Å². The molecule has 0 aromatic heterocycles. The van der Waals surface area contributed by atoms with E-state index in [1.165, 1.54) is 0 Å². The van der Waals surface area contributed by atoms with Crippen molar-refractivity contribution in [2.45, 2.75) is 12.6 Å². The summed E-state index contributed by atoms with van der Waals surface area (Å²) in [5.74, 6) is -0.490. The molecule has 29 heavy (non-hydrogen) atoms. The van der Waals surface area contributed by atoms with Crippen LogP contribution in [0.3, 0.4) is 0 Å². The van der Waals surface area contributed by atoms with Gasteiger partial charge in [-0.3, -0.25) is 14.5 Å². The third kappa shape index (κ3) is 6.04. The van der Waals surface area contributed by atoms with Gasteiger partial charge in [0.15, 0.2) is 0 Å². The molecule has 3 rings (SSSR count). The lowest BCUT2D eigenvalue weighted by Gasteiger charge is -2.34. The minimum absolute atomic E-state index is 0.0457. The van der Waals surface area contributed by atoms with E-state index in [2.05, 4.69) is 15.5 Å². The van der Waals surface area contributed by atoms with Crippen molar-refractivity contribution < 1.29 is 19.1 Å². The maximum absolute atomic E-state index is 12.3. The summed E-state index contributed by atoms with van der Waals surface area (Å²) in [5.41, 5.74) is 2.00. The van der Waals surface area contributed by atoms with Crippen LogP contribution in [0.4, 0.5) is 0 Å². The summed E-state index contributed by atoms with van der Waals surface area (Å²) >= 11 is 0. The molecule has 0 unspecified atom stereocenters. The monoisotopic (exact) mass is 397 g/mol. The van der Waals surface area contributed by atoms with Crippen LogP contribution in [0.2, 0.25) is 0 Å². The van der Waals surface area contributed by atoms with E-state index in [1.807, 2.05) is 54.6 Å². The van der Waals surface area contributed by atoms with E-state index in [9.17, 15) is 9.59 Å². The number of amides is 2. The Hall–Kier alpha value is -2.90. The first kappa shape index (κ1) is 20.8. The molecular weight excluding hydrogens is 370 g/mol. The topological polar surface area (TPSA) is 79.9 Å². The Labute approximate surface area is 171 Å². The van der Waals surface area contributed by atoms with Crippen molar-refractivity contribution in [2.24, 2.45) is 0 Å². The van der Waals surface area contributed by atoms with E-state index >= 15 is 0 Å². The molecule has 7 nitrogen and oxygen atoms in total. The quantitative estimate of drug-likeness (QED) is 0.693. The van der Waals surface area contributed by atoms with Gasteiger partial charge in [-0.15, -0.1) is 0 Å². The molecule has 1 heterocycles. The number of nitrogens with one attached hydrogen (secondary N) is 2. The molecule has 0 saturated carbocycles. The molecule has 1 aliphatic rings. The van der Waals surface area contributed by atoms with Crippen LogP contribution in [0.25, 0.3) is 0 Å². The fourth-order valence-corrected chi connectivity index (χ4v) is 3.30. The summed E-state index contributed by atoms with van der Waals surface area (Å²) in [6.45, 7) is 3.50. The Balaban J connectivity index is 1.59. The lowest BCUT2D eigenvalue weighted by atomic mass is 10.0. The fraction of sp³-hybridized carbons (Fsp3) is 0.364. The molecular formula is C22H27N3O4. The Morgan fingerprint density at radius 2 is 1.66 bits per heavy atom. The summed E-state index contributed by atoms with van der Waals surface area (Å²) < 4.78 is 10.7. The number of methoxy groups -OCH3 is 1. The highest BCUT2D eigenvalue weighted by molar-refractivity contribution is 6.35. The van der Waals surface area contributed by atoms with Crippen LogP contribution in [0.1, 0.15) is 17.2 Å². The van der Waals surface area contributed by atoms with Gasteiger partial charge in [0.2, 0.25) is 0 Å². The van der Waals surface area contributed by atoms with Crippen molar-refractivity contribution >= 4 is 11.8 Å². The molecule has 2 aromatic carbocycles. The highest BCUT2D eigenvalue weighted by Gasteiger charge is 2.24. The zero-order chi connectivity index (χ0) is 20.5. The van der Waals surface area contributed by atoms with Crippen LogP contribution in [-0.2, 0) is 20.9 Å². The average Bonchev–Trinajstić information content (AvgIpc) is 2.79. The first-order valence-electron chi connectivity index (χ1n) is 9.73. The van der Waals surface area contributed by atoms with E-state index in [1.54, 1.807) is 7.11 Å². The number of nitrogens with zero attached hydrogens (tertiary/aromatic N) is 1. The van der Waals surface area contributed by atoms with Crippen molar-refractivity contribution in [1.29, 1.82) is 0 Å². The summed E-state index contributed by atoms with van der Waals surface area (Å²) in [4.78, 5) is 26.7. The SMILES string of the molecule is COc1ccc([C@H](CNC(=O)C(=O)NCc2ccccc2)N2CCOCC2)cc1. The van der Waals surface area contributed by atoms with Crippen molar-refractivity contribution in [3.63, 3.8) is 0 Å². The molecule has 1 atom stereocenters. The Morgan fingerprint density at radius 1 is 1.00 bits per heavy atom. The molecule has 2 aromatic rings. The molecule has 0 bridgehead atoms. The predicted octanol–water partition coefficient (Wildman–Crippen LogP) is 1.50. The summed E-state index contributed by atoms with van der Waals surface area (Å²) in [6.07, 6.45) is 0. The minimum Gasteiger partial charge on any atom is -0.497 e. The number of carbonyl (C=O) groups excluding carboxylic acids is 2. The largest absolute Gasteiger partial charge is 0.497 e. The number of ether oxygens (including phenoxy) is 2. The van der Waals surface area contributed by atoms with Gasteiger partial charge < -0.3 is 20.1 Å². The number of rotatable bonds is 7. The summed E-state index contributed by atoms with van der Waals surface area (Å²) in [6, 6.07) is 17.2. The van der Waals surface area contributed by atoms with Gasteiger partial charge in [-0.05, 0) is 23.3 Å². The number of carbonyl (C=O) groups is 2. The van der Waals surface area contributed by atoms with Gasteiger partial charge in [0, 0.05) is 26.2 Å². The number of morpholine rings is 1. The van der Waals surface area contributed by atoms with Gasteiger partial charge in [-0.25, -0.2) is 0 Å². The van der Waals surface area contributed by atoms with Crippen molar-refractivity contribution in [3.05, 3.63) is 65.7 Å². The van der Waals surface area contributed by atoms with E-state index in [0.717, 1.165) is 30.0 Å². The molecule has 1 saturated heterocycles. The number of hydrogen-bond donors (Lipinski definition) is 2. The van der Waals surface area contributed by atoms with E-state index < -0.39 is 11.8 Å². The highest BCUT2D eigenvalue weighted by Crippen LogP contribution is 2.23. The lowest BCUT2D eigenvalue weighted by Crippen LogP contribution is -2.46. The minimum atomic E-state index is -0.635. The zero-order valence-electron chi connectivity index (χ0n) is 16.6. The molecule has 2 amide bonds. The lowest BCUT2D eigenvalue weighted by molar-refractivity contribution is -0.139. The van der Waals surface area contributed by atoms with Crippen molar-refractivity contribution in [1.82, 2.24) is 15.5 Å². The van der Waals surface area contributed by atoms with Crippen LogP contribution < -0.4 is 15.4 Å². The van der Waals surface area contributed by atoms with Crippen LogP contribution in [-0.4, -0.2) is 56.7 Å². The molecule has 2 N–H and O–H groups in total. The Morgan fingerprint density at radius 3 is 2.31 bits per heavy atom. The van der Waals surface area contributed by atoms with Gasteiger partial charge in [-0.2, -0.15) is 0 Å². The van der Waals surface area contributed by atoms with Gasteiger partial charge in [0.25, 0.3) is 0 Å². The molecule has 0 radical (unpaired) electrons. The van der Waals surface area contributed by atoms with E-state index in [4.69, 9.17) is 9.47 Å². The third-order valence-electron chi connectivity index (χ3n) is 4.95. The van der Waals surface area contributed by atoms with Gasteiger partial charge in [-0.1, -0.05) is 42.5 Å². The maximum atomic E-state index is 12.3. The smallest absolute Gasteiger partial charge is 0.309 e. The maximum Gasteiger partial charge on any atom is 0.309 e. The van der Waals surface area contributed by atoms with Crippen LogP contribution in [0.15, 0.2) is 54.6 Å². The van der Waals surface area contributed by atoms with Gasteiger partial charge in [0.1, 0.15) is 5.75 Å². The Kier molecular flexibility index (Phi) is 7.61.